The summed E-state index contributed by atoms with van der Waals surface area (Å²) in [5.41, 5.74) is 2.54. The molecule has 25 heavy (non-hydrogen) atoms. The Bertz CT molecular complexity index is 939. The van der Waals surface area contributed by atoms with Crippen molar-refractivity contribution in [1.29, 1.82) is 0 Å². The number of thiophene rings is 1. The average Bonchev–Trinajstić information content (AvgIpc) is 3.22. The van der Waals surface area contributed by atoms with Crippen LogP contribution >= 0.6 is 11.3 Å². The third kappa shape index (κ3) is 3.88. The number of aryl methyl sites for hydroxylation is 2. The van der Waals surface area contributed by atoms with E-state index in [0.717, 1.165) is 19.3 Å². The van der Waals surface area contributed by atoms with E-state index < -0.39 is 5.76 Å². The minimum Gasteiger partial charge on any atom is -0.321 e. The fraction of sp³-hybridized carbons (Fsp3) is 0.278. The van der Waals surface area contributed by atoms with E-state index in [9.17, 15) is 9.59 Å². The van der Waals surface area contributed by atoms with Crippen LogP contribution in [0.5, 0.6) is 0 Å². The number of aromatic amines is 1. The standard InChI is InChI=1S/C18H19N3O3S/c1-3-6-14-11(4-2)10-15(25-14)17(22)19-13-8-5-7-12(9-13)16-20-18(23)24-21-16/h5,7-10H,3-4,6H2,1-2H3,(H,19,22)(H,20,21,23). The van der Waals surface area contributed by atoms with Gasteiger partial charge < -0.3 is 5.32 Å². The molecule has 0 unspecified atom stereocenters. The van der Waals surface area contributed by atoms with Crippen molar-refractivity contribution in [3.63, 3.8) is 0 Å². The number of nitrogens with zero attached hydrogens (tertiary/aromatic N) is 1. The molecule has 2 heterocycles. The molecule has 0 fully saturated rings. The Hall–Kier alpha value is -2.67. The van der Waals surface area contributed by atoms with Crippen molar-refractivity contribution >= 4 is 22.9 Å². The number of nitrogens with one attached hydrogen (secondary N) is 2. The Labute approximate surface area is 148 Å². The molecule has 1 aromatic carbocycles. The number of anilines is 1. The molecule has 0 spiro atoms. The predicted molar refractivity (Wildman–Crippen MR) is 98.2 cm³/mol. The molecule has 2 N–H and O–H groups in total. The summed E-state index contributed by atoms with van der Waals surface area (Å²) in [7, 11) is 0. The first-order valence-electron chi connectivity index (χ1n) is 8.20. The number of H-pyrrole nitrogens is 1. The number of rotatable bonds is 6. The number of aromatic nitrogens is 2. The molecule has 130 valence electrons. The number of carbonyl (C=O) groups is 1. The Morgan fingerprint density at radius 2 is 2.16 bits per heavy atom. The van der Waals surface area contributed by atoms with E-state index in [1.54, 1.807) is 35.6 Å². The maximum atomic E-state index is 12.6. The van der Waals surface area contributed by atoms with Gasteiger partial charge in [-0.25, -0.2) is 4.79 Å². The topological polar surface area (TPSA) is 88.0 Å². The van der Waals surface area contributed by atoms with E-state index in [2.05, 4.69) is 33.8 Å². The summed E-state index contributed by atoms with van der Waals surface area (Å²) < 4.78 is 4.51. The van der Waals surface area contributed by atoms with Crippen molar-refractivity contribution < 1.29 is 9.32 Å². The Morgan fingerprint density at radius 3 is 2.84 bits per heavy atom. The van der Waals surface area contributed by atoms with Crippen LogP contribution < -0.4 is 11.1 Å². The first kappa shape index (κ1) is 17.2. The normalized spacial score (nSPS) is 10.8. The molecule has 0 saturated heterocycles. The number of carbonyl (C=O) groups excluding carboxylic acids is 1. The van der Waals surface area contributed by atoms with Crippen LogP contribution in [0.3, 0.4) is 0 Å². The van der Waals surface area contributed by atoms with Gasteiger partial charge in [-0.1, -0.05) is 37.6 Å². The van der Waals surface area contributed by atoms with Gasteiger partial charge in [-0.2, -0.15) is 0 Å². The SMILES string of the molecule is CCCc1sc(C(=O)Nc2cccc(-c3noc(=O)[nH]3)c2)cc1CC. The van der Waals surface area contributed by atoms with E-state index in [0.29, 0.717) is 22.0 Å². The van der Waals surface area contributed by atoms with Crippen molar-refractivity contribution in [3.8, 4) is 11.4 Å². The number of amides is 1. The molecule has 3 aromatic rings. The zero-order valence-electron chi connectivity index (χ0n) is 14.1. The van der Waals surface area contributed by atoms with Gasteiger partial charge in [-0.05, 0) is 36.6 Å². The fourth-order valence-electron chi connectivity index (χ4n) is 2.61. The molecular weight excluding hydrogens is 338 g/mol. The van der Waals surface area contributed by atoms with Gasteiger partial charge in [0.05, 0.1) is 4.88 Å². The van der Waals surface area contributed by atoms with Crippen molar-refractivity contribution in [1.82, 2.24) is 10.1 Å². The minimum atomic E-state index is -0.612. The molecular formula is C18H19N3O3S. The van der Waals surface area contributed by atoms with E-state index in [4.69, 9.17) is 0 Å². The Kier molecular flexibility index (Phi) is 5.14. The minimum absolute atomic E-state index is 0.132. The van der Waals surface area contributed by atoms with Gasteiger partial charge >= 0.3 is 5.76 Å². The van der Waals surface area contributed by atoms with Crippen LogP contribution in [0.4, 0.5) is 5.69 Å². The van der Waals surface area contributed by atoms with E-state index in [1.165, 1.54) is 10.4 Å². The summed E-state index contributed by atoms with van der Waals surface area (Å²) in [6, 6.07) is 9.08. The fourth-order valence-corrected chi connectivity index (χ4v) is 3.86. The Morgan fingerprint density at radius 1 is 1.32 bits per heavy atom. The number of hydrogen-bond acceptors (Lipinski definition) is 5. The molecule has 6 nitrogen and oxygen atoms in total. The summed E-state index contributed by atoms with van der Waals surface area (Å²) in [5.74, 6) is -0.415. The molecule has 0 radical (unpaired) electrons. The summed E-state index contributed by atoms with van der Waals surface area (Å²) >= 11 is 1.55. The average molecular weight is 357 g/mol. The zero-order chi connectivity index (χ0) is 17.8. The molecule has 0 aliphatic heterocycles. The molecule has 3 rings (SSSR count). The van der Waals surface area contributed by atoms with Crippen molar-refractivity contribution in [2.45, 2.75) is 33.1 Å². The van der Waals surface area contributed by atoms with Crippen LogP contribution in [-0.4, -0.2) is 16.0 Å². The molecule has 0 saturated carbocycles. The third-order valence-corrected chi connectivity index (χ3v) is 5.05. The molecule has 2 aromatic heterocycles. The molecule has 1 amide bonds. The Balaban J connectivity index is 1.80. The zero-order valence-corrected chi connectivity index (χ0v) is 14.9. The van der Waals surface area contributed by atoms with Crippen LogP contribution in [0.1, 0.15) is 40.4 Å². The number of benzene rings is 1. The monoisotopic (exact) mass is 357 g/mol. The van der Waals surface area contributed by atoms with Gasteiger partial charge in [-0.15, -0.1) is 11.3 Å². The van der Waals surface area contributed by atoms with E-state index in [1.807, 2.05) is 6.07 Å². The van der Waals surface area contributed by atoms with E-state index in [-0.39, 0.29) is 5.91 Å². The summed E-state index contributed by atoms with van der Waals surface area (Å²) in [4.78, 5) is 28.1. The van der Waals surface area contributed by atoms with E-state index >= 15 is 0 Å². The van der Waals surface area contributed by atoms with Crippen LogP contribution in [0, 0.1) is 0 Å². The van der Waals surface area contributed by atoms with Crippen molar-refractivity contribution in [2.24, 2.45) is 0 Å². The van der Waals surface area contributed by atoms with Crippen LogP contribution in [-0.2, 0) is 12.8 Å². The van der Waals surface area contributed by atoms with Crippen molar-refractivity contribution in [2.75, 3.05) is 5.32 Å². The molecule has 0 bridgehead atoms. The lowest BCUT2D eigenvalue weighted by atomic mass is 10.1. The smallest absolute Gasteiger partial charge is 0.321 e. The lowest BCUT2D eigenvalue weighted by molar-refractivity contribution is 0.103. The van der Waals surface area contributed by atoms with Crippen LogP contribution in [0.2, 0.25) is 0 Å². The van der Waals surface area contributed by atoms with Crippen LogP contribution in [0.25, 0.3) is 11.4 Å². The van der Waals surface area contributed by atoms with Crippen molar-refractivity contribution in [3.05, 3.63) is 56.2 Å². The molecule has 0 atom stereocenters. The lowest BCUT2D eigenvalue weighted by Crippen LogP contribution is -2.10. The second kappa shape index (κ2) is 7.48. The maximum absolute atomic E-state index is 12.6. The predicted octanol–water partition coefficient (Wildman–Crippen LogP) is 3.86. The highest BCUT2D eigenvalue weighted by molar-refractivity contribution is 7.14. The largest absolute Gasteiger partial charge is 0.439 e. The highest BCUT2D eigenvalue weighted by atomic mass is 32.1. The van der Waals surface area contributed by atoms with Gasteiger partial charge in [0.2, 0.25) is 0 Å². The third-order valence-electron chi connectivity index (χ3n) is 3.81. The highest BCUT2D eigenvalue weighted by Gasteiger charge is 2.14. The summed E-state index contributed by atoms with van der Waals surface area (Å²) in [6.45, 7) is 4.24. The van der Waals surface area contributed by atoms with Gasteiger partial charge in [0, 0.05) is 16.1 Å². The highest BCUT2D eigenvalue weighted by Crippen LogP contribution is 2.26. The maximum Gasteiger partial charge on any atom is 0.439 e. The number of hydrogen-bond donors (Lipinski definition) is 2. The molecule has 7 heteroatoms. The second-order valence-corrected chi connectivity index (χ2v) is 6.78. The first-order chi connectivity index (χ1) is 12.1. The second-order valence-electron chi connectivity index (χ2n) is 5.64. The van der Waals surface area contributed by atoms with Gasteiger partial charge in [0.25, 0.3) is 5.91 Å². The van der Waals surface area contributed by atoms with Gasteiger partial charge in [-0.3, -0.25) is 14.3 Å². The van der Waals surface area contributed by atoms with Gasteiger partial charge in [0.15, 0.2) is 5.82 Å². The summed E-state index contributed by atoms with van der Waals surface area (Å²) in [5, 5.41) is 6.56. The van der Waals surface area contributed by atoms with Crippen LogP contribution in [0.15, 0.2) is 39.6 Å². The molecule has 0 aliphatic rings. The first-order valence-corrected chi connectivity index (χ1v) is 9.01. The quantitative estimate of drug-likeness (QED) is 0.701. The molecule has 0 aliphatic carbocycles. The van der Waals surface area contributed by atoms with Gasteiger partial charge in [0.1, 0.15) is 0 Å². The lowest BCUT2D eigenvalue weighted by Gasteiger charge is -2.04. The summed E-state index contributed by atoms with van der Waals surface area (Å²) in [6.07, 6.45) is 2.98.